The quantitative estimate of drug-likeness (QED) is 0.708. The minimum atomic E-state index is 0.900. The second-order valence-corrected chi connectivity index (χ2v) is 7.16. The molecule has 1 fully saturated rings. The lowest BCUT2D eigenvalue weighted by Gasteiger charge is -2.32. The highest BCUT2D eigenvalue weighted by Gasteiger charge is 2.19. The van der Waals surface area contributed by atoms with Crippen LogP contribution < -0.4 is 0 Å². The summed E-state index contributed by atoms with van der Waals surface area (Å²) >= 11 is 8.93. The van der Waals surface area contributed by atoms with Crippen molar-refractivity contribution < 1.29 is 0 Å². The van der Waals surface area contributed by atoms with Gasteiger partial charge in [0.25, 0.3) is 0 Å². The normalized spacial score (nSPS) is 22.5. The lowest BCUT2D eigenvalue weighted by atomic mass is 9.96. The molecule has 0 saturated carbocycles. The minimum absolute atomic E-state index is 0.900. The molecule has 1 nitrogen and oxygen atoms in total. The van der Waals surface area contributed by atoms with Gasteiger partial charge in [-0.15, -0.1) is 11.3 Å². The van der Waals surface area contributed by atoms with Crippen molar-refractivity contribution in [2.24, 2.45) is 5.92 Å². The Balaban J connectivity index is 1.85. The van der Waals surface area contributed by atoms with Crippen LogP contribution in [0, 0.1) is 5.92 Å². The molecule has 90 valence electrons. The maximum Gasteiger partial charge on any atom is 0.0328 e. The lowest BCUT2D eigenvalue weighted by Crippen LogP contribution is -2.34. The maximum atomic E-state index is 3.55. The number of hydrogen-bond acceptors (Lipinski definition) is 2. The van der Waals surface area contributed by atoms with Crippen LogP contribution in [0.4, 0.5) is 0 Å². The average molecular weight is 367 g/mol. The van der Waals surface area contributed by atoms with E-state index in [0.29, 0.717) is 0 Å². The van der Waals surface area contributed by atoms with Crippen LogP contribution in [0.2, 0.25) is 0 Å². The summed E-state index contributed by atoms with van der Waals surface area (Å²) in [5.41, 5.74) is 0. The van der Waals surface area contributed by atoms with Crippen molar-refractivity contribution in [3.05, 3.63) is 20.8 Å². The molecule has 2 rings (SSSR count). The van der Waals surface area contributed by atoms with Crippen molar-refractivity contribution in [2.75, 3.05) is 18.4 Å². The fourth-order valence-electron chi connectivity index (χ4n) is 2.34. The van der Waals surface area contributed by atoms with Crippen LogP contribution >= 0.6 is 43.2 Å². The van der Waals surface area contributed by atoms with Crippen molar-refractivity contribution in [3.8, 4) is 0 Å². The number of thiophene rings is 1. The molecular formula is C12H17Br2NS. The second kappa shape index (κ2) is 6.53. The minimum Gasteiger partial charge on any atom is -0.298 e. The number of likely N-dealkylation sites (tertiary alicyclic amines) is 1. The van der Waals surface area contributed by atoms with Gasteiger partial charge in [-0.25, -0.2) is 0 Å². The zero-order chi connectivity index (χ0) is 11.4. The van der Waals surface area contributed by atoms with E-state index in [1.54, 1.807) is 0 Å². The fourth-order valence-corrected chi connectivity index (χ4v) is 4.48. The summed E-state index contributed by atoms with van der Waals surface area (Å²) in [7, 11) is 0. The summed E-state index contributed by atoms with van der Waals surface area (Å²) in [6.45, 7) is 3.68. The molecular weight excluding hydrogens is 350 g/mol. The van der Waals surface area contributed by atoms with E-state index in [-0.39, 0.29) is 0 Å². The SMILES string of the molecule is BrCCC1CCCN(Cc2cc(Br)cs2)C1. The molecule has 0 aromatic carbocycles. The van der Waals surface area contributed by atoms with Crippen LogP contribution in [0.1, 0.15) is 24.1 Å². The topological polar surface area (TPSA) is 3.24 Å². The Morgan fingerprint density at radius 1 is 1.50 bits per heavy atom. The van der Waals surface area contributed by atoms with Crippen molar-refractivity contribution in [1.29, 1.82) is 0 Å². The van der Waals surface area contributed by atoms with Gasteiger partial charge in [0.05, 0.1) is 0 Å². The van der Waals surface area contributed by atoms with Gasteiger partial charge in [0.1, 0.15) is 0 Å². The highest BCUT2D eigenvalue weighted by atomic mass is 79.9. The van der Waals surface area contributed by atoms with Crippen molar-refractivity contribution in [1.82, 2.24) is 4.90 Å². The third-order valence-electron chi connectivity index (χ3n) is 3.12. The number of alkyl halides is 1. The fraction of sp³-hybridized carbons (Fsp3) is 0.667. The van der Waals surface area contributed by atoms with Crippen LogP contribution in [0.25, 0.3) is 0 Å². The summed E-state index contributed by atoms with van der Waals surface area (Å²) in [5.74, 6) is 0.900. The Morgan fingerprint density at radius 2 is 2.38 bits per heavy atom. The van der Waals surface area contributed by atoms with E-state index in [1.807, 2.05) is 11.3 Å². The molecule has 2 heterocycles. The van der Waals surface area contributed by atoms with Crippen LogP contribution in [0.5, 0.6) is 0 Å². The third kappa shape index (κ3) is 3.83. The first-order valence-corrected chi connectivity index (χ1v) is 8.58. The van der Waals surface area contributed by atoms with Gasteiger partial charge in [-0.1, -0.05) is 15.9 Å². The predicted octanol–water partition coefficient (Wildman–Crippen LogP) is 4.51. The van der Waals surface area contributed by atoms with Crippen molar-refractivity contribution in [3.63, 3.8) is 0 Å². The summed E-state index contributed by atoms with van der Waals surface area (Å²) in [6.07, 6.45) is 4.10. The molecule has 1 aromatic rings. The molecule has 0 amide bonds. The lowest BCUT2D eigenvalue weighted by molar-refractivity contribution is 0.167. The monoisotopic (exact) mass is 365 g/mol. The molecule has 0 aliphatic carbocycles. The van der Waals surface area contributed by atoms with Crippen LogP contribution in [0.15, 0.2) is 15.9 Å². The van der Waals surface area contributed by atoms with Crippen LogP contribution in [0.3, 0.4) is 0 Å². The molecule has 4 heteroatoms. The number of rotatable bonds is 4. The Morgan fingerprint density at radius 3 is 3.06 bits per heavy atom. The van der Waals surface area contributed by atoms with Crippen molar-refractivity contribution in [2.45, 2.75) is 25.8 Å². The Hall–Kier alpha value is 0.620. The van der Waals surface area contributed by atoms with Crippen LogP contribution in [-0.2, 0) is 6.54 Å². The molecule has 1 aliphatic heterocycles. The summed E-state index contributed by atoms with van der Waals surface area (Å²) in [4.78, 5) is 4.08. The zero-order valence-corrected chi connectivity index (χ0v) is 13.3. The van der Waals surface area contributed by atoms with Crippen LogP contribution in [-0.4, -0.2) is 23.3 Å². The smallest absolute Gasteiger partial charge is 0.0328 e. The average Bonchev–Trinajstić information content (AvgIpc) is 2.65. The van der Waals surface area contributed by atoms with E-state index < -0.39 is 0 Å². The van der Waals surface area contributed by atoms with E-state index in [2.05, 4.69) is 48.2 Å². The first kappa shape index (κ1) is 13.1. The molecule has 1 aromatic heterocycles. The molecule has 0 spiro atoms. The van der Waals surface area contributed by atoms with Gasteiger partial charge in [-0.2, -0.15) is 0 Å². The van der Waals surface area contributed by atoms with Gasteiger partial charge in [0.15, 0.2) is 0 Å². The zero-order valence-electron chi connectivity index (χ0n) is 9.29. The molecule has 1 aliphatic rings. The van der Waals surface area contributed by atoms with Gasteiger partial charge in [0, 0.05) is 33.1 Å². The highest BCUT2D eigenvalue weighted by Crippen LogP contribution is 2.25. The Kier molecular flexibility index (Phi) is 5.33. The van der Waals surface area contributed by atoms with E-state index in [9.17, 15) is 0 Å². The maximum absolute atomic E-state index is 3.55. The Labute approximate surface area is 118 Å². The highest BCUT2D eigenvalue weighted by molar-refractivity contribution is 9.10. The molecule has 0 radical (unpaired) electrons. The molecule has 1 atom stereocenters. The largest absolute Gasteiger partial charge is 0.298 e. The molecule has 1 saturated heterocycles. The molecule has 0 N–H and O–H groups in total. The predicted molar refractivity (Wildman–Crippen MR) is 78.4 cm³/mol. The van der Waals surface area contributed by atoms with E-state index in [1.165, 1.54) is 41.7 Å². The molecule has 1 unspecified atom stereocenters. The van der Waals surface area contributed by atoms with Gasteiger partial charge >= 0.3 is 0 Å². The van der Waals surface area contributed by atoms with E-state index in [4.69, 9.17) is 0 Å². The van der Waals surface area contributed by atoms with Gasteiger partial charge in [0.2, 0.25) is 0 Å². The third-order valence-corrected chi connectivity index (χ3v) is 5.26. The first-order valence-electron chi connectivity index (χ1n) is 5.79. The summed E-state index contributed by atoms with van der Waals surface area (Å²) in [5, 5.41) is 3.32. The molecule has 16 heavy (non-hydrogen) atoms. The number of halogens is 2. The van der Waals surface area contributed by atoms with Crippen molar-refractivity contribution >= 4 is 43.2 Å². The number of piperidine rings is 1. The summed E-state index contributed by atoms with van der Waals surface area (Å²) in [6, 6.07) is 2.25. The second-order valence-electron chi connectivity index (χ2n) is 4.45. The number of nitrogens with zero attached hydrogens (tertiary/aromatic N) is 1. The van der Waals surface area contributed by atoms with Gasteiger partial charge in [-0.05, 0) is 53.7 Å². The Bertz CT molecular complexity index is 325. The first-order chi connectivity index (χ1) is 7.78. The van der Waals surface area contributed by atoms with E-state index in [0.717, 1.165) is 17.8 Å². The summed E-state index contributed by atoms with van der Waals surface area (Å²) < 4.78 is 1.22. The van der Waals surface area contributed by atoms with E-state index >= 15 is 0 Å². The standard InChI is InChI=1S/C12H17Br2NS/c13-4-3-10-2-1-5-15(7-10)8-12-6-11(14)9-16-12/h6,9-10H,1-5,7-8H2. The number of hydrogen-bond donors (Lipinski definition) is 0. The van der Waals surface area contributed by atoms with Gasteiger partial charge in [-0.3, -0.25) is 4.90 Å². The molecule has 0 bridgehead atoms. The van der Waals surface area contributed by atoms with Gasteiger partial charge < -0.3 is 0 Å².